The fraction of sp³-hybridized carbons (Fsp3) is 0.353. The molecule has 2 heteroatoms. The maximum Gasteiger partial charge on any atom is 0.0349 e. The van der Waals surface area contributed by atoms with E-state index in [1.165, 1.54) is 34.8 Å². The molecule has 1 aliphatic carbocycles. The van der Waals surface area contributed by atoms with Crippen molar-refractivity contribution in [2.45, 2.75) is 32.2 Å². The van der Waals surface area contributed by atoms with Crippen LogP contribution in [0.5, 0.6) is 0 Å². The van der Waals surface area contributed by atoms with Crippen molar-refractivity contribution < 1.29 is 0 Å². The zero-order valence-electron chi connectivity index (χ0n) is 11.4. The molecular formula is C17H20N2. The Morgan fingerprint density at radius 2 is 2.16 bits per heavy atom. The van der Waals surface area contributed by atoms with Gasteiger partial charge in [0.2, 0.25) is 0 Å². The van der Waals surface area contributed by atoms with Crippen molar-refractivity contribution >= 4 is 16.3 Å². The van der Waals surface area contributed by atoms with E-state index < -0.39 is 0 Å². The summed E-state index contributed by atoms with van der Waals surface area (Å²) in [6, 6.07) is 9.24. The van der Waals surface area contributed by atoms with E-state index in [0.29, 0.717) is 0 Å². The molecule has 0 radical (unpaired) electrons. The monoisotopic (exact) mass is 252 g/mol. The average molecular weight is 252 g/mol. The second-order valence-electron chi connectivity index (χ2n) is 5.31. The largest absolute Gasteiger partial charge is 0.314 e. The summed E-state index contributed by atoms with van der Waals surface area (Å²) in [7, 11) is 0. The van der Waals surface area contributed by atoms with Crippen LogP contribution in [0.15, 0.2) is 42.7 Å². The average Bonchev–Trinajstić information content (AvgIpc) is 3.27. The molecule has 0 bridgehead atoms. The maximum absolute atomic E-state index is 4.34. The number of hydrogen-bond donors (Lipinski definition) is 1. The summed E-state index contributed by atoms with van der Waals surface area (Å²) in [6.45, 7) is 3.26. The number of rotatable bonds is 5. The molecule has 1 aromatic carbocycles. The molecule has 0 amide bonds. The lowest BCUT2D eigenvalue weighted by atomic mass is 10.0. The van der Waals surface area contributed by atoms with Crippen LogP contribution in [-0.2, 0) is 0 Å². The molecule has 0 saturated heterocycles. The van der Waals surface area contributed by atoms with Crippen LogP contribution in [-0.4, -0.2) is 17.6 Å². The van der Waals surface area contributed by atoms with Crippen molar-refractivity contribution in [2.75, 3.05) is 6.54 Å². The van der Waals surface area contributed by atoms with E-state index in [2.05, 4.69) is 47.6 Å². The predicted octanol–water partition coefficient (Wildman–Crippen LogP) is 3.78. The molecule has 1 heterocycles. The normalized spacial score (nSPS) is 15.9. The Labute approximate surface area is 114 Å². The number of nitrogens with zero attached hydrogens (tertiary/aromatic N) is 1. The van der Waals surface area contributed by atoms with Crippen LogP contribution in [0.2, 0.25) is 0 Å². The highest BCUT2D eigenvalue weighted by atomic mass is 14.9. The molecule has 2 nitrogen and oxygen atoms in total. The van der Waals surface area contributed by atoms with E-state index in [1.807, 2.05) is 12.4 Å². The number of fused-ring (bicyclic) bond motifs is 1. The fourth-order valence-corrected chi connectivity index (χ4v) is 2.40. The topological polar surface area (TPSA) is 24.9 Å². The highest BCUT2D eigenvalue weighted by Gasteiger charge is 2.19. The number of pyridine rings is 1. The third kappa shape index (κ3) is 3.02. The van der Waals surface area contributed by atoms with E-state index >= 15 is 0 Å². The second-order valence-corrected chi connectivity index (χ2v) is 5.31. The summed E-state index contributed by atoms with van der Waals surface area (Å²) >= 11 is 0. The maximum atomic E-state index is 4.34. The van der Waals surface area contributed by atoms with Gasteiger partial charge in [-0.25, -0.2) is 0 Å². The molecular weight excluding hydrogens is 232 g/mol. The van der Waals surface area contributed by atoms with Gasteiger partial charge in [-0.1, -0.05) is 30.3 Å². The highest BCUT2D eigenvalue weighted by molar-refractivity contribution is 5.92. The lowest BCUT2D eigenvalue weighted by Crippen LogP contribution is -2.16. The first kappa shape index (κ1) is 12.4. The van der Waals surface area contributed by atoms with Crippen LogP contribution < -0.4 is 5.32 Å². The Bertz CT molecular complexity index is 592. The number of nitrogens with one attached hydrogen (secondary N) is 1. The smallest absolute Gasteiger partial charge is 0.0349 e. The standard InChI is InChI=1S/C17H20N2/c1-13(5-4-10-19-15-8-9-15)17-12-18-11-14-6-2-3-7-16(14)17/h2-3,5-7,11-12,15,19H,4,8-10H2,1H3. The van der Waals surface area contributed by atoms with Crippen molar-refractivity contribution in [1.29, 1.82) is 0 Å². The Kier molecular flexibility index (Phi) is 3.60. The molecule has 0 aliphatic heterocycles. The first-order valence-electron chi connectivity index (χ1n) is 7.08. The van der Waals surface area contributed by atoms with Crippen LogP contribution in [0.3, 0.4) is 0 Å². The predicted molar refractivity (Wildman–Crippen MR) is 81.0 cm³/mol. The number of hydrogen-bond acceptors (Lipinski definition) is 2. The van der Waals surface area contributed by atoms with Gasteiger partial charge in [0.1, 0.15) is 0 Å². The summed E-state index contributed by atoms with van der Waals surface area (Å²) in [4.78, 5) is 4.34. The Morgan fingerprint density at radius 3 is 3.00 bits per heavy atom. The Morgan fingerprint density at radius 1 is 1.32 bits per heavy atom. The number of allylic oxidation sites excluding steroid dienone is 1. The van der Waals surface area contributed by atoms with Crippen molar-refractivity contribution in [1.82, 2.24) is 10.3 Å². The molecule has 1 saturated carbocycles. The van der Waals surface area contributed by atoms with E-state index in [-0.39, 0.29) is 0 Å². The summed E-state index contributed by atoms with van der Waals surface area (Å²) in [5, 5.41) is 6.05. The minimum Gasteiger partial charge on any atom is -0.314 e. The van der Waals surface area contributed by atoms with Crippen LogP contribution in [0.25, 0.3) is 16.3 Å². The first-order chi connectivity index (χ1) is 9.34. The summed E-state index contributed by atoms with van der Waals surface area (Å²) in [6.07, 6.45) is 10.0. The van der Waals surface area contributed by atoms with Gasteiger partial charge < -0.3 is 5.32 Å². The van der Waals surface area contributed by atoms with Crippen molar-refractivity contribution in [3.8, 4) is 0 Å². The summed E-state index contributed by atoms with van der Waals surface area (Å²) in [5.41, 5.74) is 2.58. The Balaban J connectivity index is 1.76. The minimum atomic E-state index is 0.799. The van der Waals surface area contributed by atoms with Gasteiger partial charge in [-0.3, -0.25) is 4.98 Å². The molecule has 2 aromatic rings. The number of aromatic nitrogens is 1. The van der Waals surface area contributed by atoms with Gasteiger partial charge in [0.25, 0.3) is 0 Å². The zero-order valence-corrected chi connectivity index (χ0v) is 11.4. The molecule has 1 fully saturated rings. The van der Waals surface area contributed by atoms with E-state index in [0.717, 1.165) is 19.0 Å². The molecule has 0 atom stereocenters. The van der Waals surface area contributed by atoms with E-state index in [1.54, 1.807) is 0 Å². The lowest BCUT2D eigenvalue weighted by molar-refractivity contribution is 0.690. The SMILES string of the molecule is CC(=CCCNC1CC1)c1cncc2ccccc12. The van der Waals surface area contributed by atoms with Crippen LogP contribution in [0, 0.1) is 0 Å². The quantitative estimate of drug-likeness (QED) is 0.819. The Hall–Kier alpha value is -1.67. The molecule has 19 heavy (non-hydrogen) atoms. The van der Waals surface area contributed by atoms with Crippen LogP contribution in [0.4, 0.5) is 0 Å². The fourth-order valence-electron chi connectivity index (χ4n) is 2.40. The van der Waals surface area contributed by atoms with Crippen LogP contribution in [0.1, 0.15) is 31.7 Å². The molecule has 1 N–H and O–H groups in total. The van der Waals surface area contributed by atoms with E-state index in [9.17, 15) is 0 Å². The van der Waals surface area contributed by atoms with Gasteiger partial charge in [-0.2, -0.15) is 0 Å². The van der Waals surface area contributed by atoms with Crippen molar-refractivity contribution in [3.63, 3.8) is 0 Å². The summed E-state index contributed by atoms with van der Waals surface area (Å²) in [5.74, 6) is 0. The molecule has 0 spiro atoms. The molecule has 98 valence electrons. The highest BCUT2D eigenvalue weighted by Crippen LogP contribution is 2.24. The first-order valence-corrected chi connectivity index (χ1v) is 7.08. The third-order valence-electron chi connectivity index (χ3n) is 3.70. The van der Waals surface area contributed by atoms with Gasteiger partial charge in [-0.05, 0) is 43.7 Å². The summed E-state index contributed by atoms with van der Waals surface area (Å²) < 4.78 is 0. The molecule has 1 aromatic heterocycles. The van der Waals surface area contributed by atoms with E-state index in [4.69, 9.17) is 0 Å². The molecule has 3 rings (SSSR count). The van der Waals surface area contributed by atoms with Gasteiger partial charge in [0.05, 0.1) is 0 Å². The second kappa shape index (κ2) is 5.54. The zero-order chi connectivity index (χ0) is 13.1. The van der Waals surface area contributed by atoms with Gasteiger partial charge >= 0.3 is 0 Å². The van der Waals surface area contributed by atoms with Gasteiger partial charge in [-0.15, -0.1) is 0 Å². The molecule has 0 unspecified atom stereocenters. The minimum absolute atomic E-state index is 0.799. The van der Waals surface area contributed by atoms with Crippen molar-refractivity contribution in [2.24, 2.45) is 0 Å². The van der Waals surface area contributed by atoms with Crippen molar-refractivity contribution in [3.05, 3.63) is 48.3 Å². The van der Waals surface area contributed by atoms with Crippen LogP contribution >= 0.6 is 0 Å². The molecule has 1 aliphatic rings. The number of benzene rings is 1. The lowest BCUT2D eigenvalue weighted by Gasteiger charge is -2.06. The van der Waals surface area contributed by atoms with Gasteiger partial charge in [0.15, 0.2) is 0 Å². The van der Waals surface area contributed by atoms with Gasteiger partial charge in [0, 0.05) is 29.4 Å². The third-order valence-corrected chi connectivity index (χ3v) is 3.70.